The van der Waals surface area contributed by atoms with Gasteiger partial charge in [-0.05, 0) is 24.3 Å². The summed E-state index contributed by atoms with van der Waals surface area (Å²) in [5.41, 5.74) is 0. The van der Waals surface area contributed by atoms with Crippen LogP contribution in [-0.2, 0) is 9.53 Å². The van der Waals surface area contributed by atoms with Crippen LogP contribution in [0.4, 0.5) is 0 Å². The molecule has 24 heavy (non-hydrogen) atoms. The predicted molar refractivity (Wildman–Crippen MR) is 88.8 cm³/mol. The van der Waals surface area contributed by atoms with Crippen molar-refractivity contribution in [1.29, 1.82) is 0 Å². The molecular formula is C16H20N4O3S. The van der Waals surface area contributed by atoms with E-state index in [-0.39, 0.29) is 17.9 Å². The minimum absolute atomic E-state index is 0.0498. The number of hydrogen-bond donors (Lipinski definition) is 1. The molecule has 8 heteroatoms. The molecule has 4 rings (SSSR count). The summed E-state index contributed by atoms with van der Waals surface area (Å²) in [7, 11) is 0. The van der Waals surface area contributed by atoms with Gasteiger partial charge in [0.2, 0.25) is 17.6 Å². The molecule has 1 N–H and O–H groups in total. The van der Waals surface area contributed by atoms with E-state index < -0.39 is 0 Å². The first-order valence-corrected chi connectivity index (χ1v) is 9.14. The van der Waals surface area contributed by atoms with Crippen molar-refractivity contribution < 1.29 is 14.1 Å². The zero-order chi connectivity index (χ0) is 16.4. The minimum atomic E-state index is 0.0498. The van der Waals surface area contributed by atoms with Gasteiger partial charge in [-0.1, -0.05) is 11.2 Å². The smallest absolute Gasteiger partial charge is 0.234 e. The van der Waals surface area contributed by atoms with Crippen LogP contribution in [0.15, 0.2) is 22.0 Å². The first-order chi connectivity index (χ1) is 11.8. The lowest BCUT2D eigenvalue weighted by molar-refractivity contribution is -0.123. The summed E-state index contributed by atoms with van der Waals surface area (Å²) in [6.45, 7) is 3.39. The minimum Gasteiger partial charge on any atom is -0.376 e. The summed E-state index contributed by atoms with van der Waals surface area (Å²) in [5.74, 6) is 1.58. The largest absolute Gasteiger partial charge is 0.376 e. The molecule has 1 amide bonds. The molecule has 128 valence electrons. The van der Waals surface area contributed by atoms with Crippen LogP contribution < -0.4 is 5.32 Å². The van der Waals surface area contributed by atoms with E-state index in [2.05, 4.69) is 20.4 Å². The van der Waals surface area contributed by atoms with E-state index >= 15 is 0 Å². The van der Waals surface area contributed by atoms with Crippen LogP contribution in [0.2, 0.25) is 0 Å². The quantitative estimate of drug-likeness (QED) is 0.852. The van der Waals surface area contributed by atoms with Crippen LogP contribution in [0.25, 0.3) is 10.7 Å². The average molecular weight is 348 g/mol. The SMILES string of the molecule is O=C(CN1CC(c2nc(-c3cccs3)no2)C1)NC[C@@H]1CCCO1. The first-order valence-electron chi connectivity index (χ1n) is 8.26. The second-order valence-corrected chi connectivity index (χ2v) is 7.21. The van der Waals surface area contributed by atoms with Crippen LogP contribution in [-0.4, -0.2) is 59.8 Å². The molecule has 7 nitrogen and oxygen atoms in total. The Bertz CT molecular complexity index is 675. The fraction of sp³-hybridized carbons (Fsp3) is 0.562. The summed E-state index contributed by atoms with van der Waals surface area (Å²) in [6, 6.07) is 3.95. The van der Waals surface area contributed by atoms with Gasteiger partial charge in [-0.15, -0.1) is 11.3 Å². The number of amides is 1. The monoisotopic (exact) mass is 348 g/mol. The van der Waals surface area contributed by atoms with Gasteiger partial charge in [0, 0.05) is 26.2 Å². The predicted octanol–water partition coefficient (Wildman–Crippen LogP) is 1.49. The Kier molecular flexibility index (Phi) is 4.59. The number of nitrogens with one attached hydrogen (secondary N) is 1. The van der Waals surface area contributed by atoms with Crippen LogP contribution in [0, 0.1) is 0 Å². The van der Waals surface area contributed by atoms with E-state index in [1.54, 1.807) is 11.3 Å². The third-order valence-corrected chi connectivity index (χ3v) is 5.27. The topological polar surface area (TPSA) is 80.5 Å². The highest BCUT2D eigenvalue weighted by Crippen LogP contribution is 2.28. The van der Waals surface area contributed by atoms with Gasteiger partial charge in [0.05, 0.1) is 23.4 Å². The second-order valence-electron chi connectivity index (χ2n) is 6.26. The summed E-state index contributed by atoms with van der Waals surface area (Å²) < 4.78 is 10.9. The molecule has 4 heterocycles. The van der Waals surface area contributed by atoms with Gasteiger partial charge in [0.15, 0.2) is 0 Å². The second kappa shape index (κ2) is 7.00. The van der Waals surface area contributed by atoms with Crippen molar-refractivity contribution in [2.75, 3.05) is 32.8 Å². The molecule has 0 aromatic carbocycles. The van der Waals surface area contributed by atoms with Crippen molar-refractivity contribution in [1.82, 2.24) is 20.4 Å². The molecule has 2 aromatic rings. The van der Waals surface area contributed by atoms with Crippen molar-refractivity contribution in [2.45, 2.75) is 24.9 Å². The number of thiophene rings is 1. The van der Waals surface area contributed by atoms with Gasteiger partial charge in [0.25, 0.3) is 0 Å². The average Bonchev–Trinajstić information content (AvgIpc) is 3.30. The molecule has 0 spiro atoms. The molecule has 2 aliphatic rings. The Morgan fingerprint density at radius 3 is 3.12 bits per heavy atom. The highest BCUT2D eigenvalue weighted by molar-refractivity contribution is 7.13. The molecule has 0 aliphatic carbocycles. The zero-order valence-electron chi connectivity index (χ0n) is 13.3. The molecule has 0 unspecified atom stereocenters. The van der Waals surface area contributed by atoms with Crippen molar-refractivity contribution >= 4 is 17.2 Å². The molecule has 2 aromatic heterocycles. The number of likely N-dealkylation sites (tertiary alicyclic amines) is 1. The number of ether oxygens (including phenoxy) is 1. The third kappa shape index (κ3) is 3.50. The maximum absolute atomic E-state index is 11.9. The highest BCUT2D eigenvalue weighted by Gasteiger charge is 2.33. The van der Waals surface area contributed by atoms with E-state index in [0.29, 0.717) is 24.8 Å². The number of aromatic nitrogens is 2. The van der Waals surface area contributed by atoms with E-state index in [4.69, 9.17) is 9.26 Å². The zero-order valence-corrected chi connectivity index (χ0v) is 14.1. The normalized spacial score (nSPS) is 21.8. The van der Waals surface area contributed by atoms with E-state index in [0.717, 1.165) is 37.4 Å². The van der Waals surface area contributed by atoms with Gasteiger partial charge in [-0.25, -0.2) is 0 Å². The molecule has 1 atom stereocenters. The summed E-state index contributed by atoms with van der Waals surface area (Å²) in [4.78, 5) is 19.5. The van der Waals surface area contributed by atoms with Crippen molar-refractivity contribution in [3.05, 3.63) is 23.4 Å². The van der Waals surface area contributed by atoms with Crippen molar-refractivity contribution in [3.63, 3.8) is 0 Å². The molecule has 0 saturated carbocycles. The highest BCUT2D eigenvalue weighted by atomic mass is 32.1. The molecule has 0 bridgehead atoms. The number of rotatable bonds is 6. The molecule has 0 radical (unpaired) electrons. The van der Waals surface area contributed by atoms with E-state index in [1.165, 1.54) is 0 Å². The Morgan fingerprint density at radius 1 is 1.46 bits per heavy atom. The number of nitrogens with zero attached hydrogens (tertiary/aromatic N) is 3. The fourth-order valence-electron chi connectivity index (χ4n) is 3.05. The van der Waals surface area contributed by atoms with Gasteiger partial charge < -0.3 is 14.6 Å². The molecule has 2 aliphatic heterocycles. The van der Waals surface area contributed by atoms with Crippen LogP contribution in [0.5, 0.6) is 0 Å². The van der Waals surface area contributed by atoms with Gasteiger partial charge in [-0.2, -0.15) is 4.98 Å². The number of carbonyl (C=O) groups is 1. The Labute approximate surface area is 144 Å². The molecule has 2 saturated heterocycles. The standard InChI is InChI=1S/C16H20N4O3S/c21-14(17-7-12-3-1-5-22-12)10-20-8-11(9-20)16-18-15(19-23-16)13-4-2-6-24-13/h2,4,6,11-12H,1,3,5,7-10H2,(H,17,21)/t12-/m0/s1. The summed E-state index contributed by atoms with van der Waals surface area (Å²) in [6.07, 6.45) is 2.31. The summed E-state index contributed by atoms with van der Waals surface area (Å²) in [5, 5.41) is 8.97. The third-order valence-electron chi connectivity index (χ3n) is 4.41. The lowest BCUT2D eigenvalue weighted by Gasteiger charge is -2.36. The Hall–Kier alpha value is -1.77. The maximum atomic E-state index is 11.9. The van der Waals surface area contributed by atoms with Crippen molar-refractivity contribution in [3.8, 4) is 10.7 Å². The van der Waals surface area contributed by atoms with Gasteiger partial charge in [0.1, 0.15) is 0 Å². The maximum Gasteiger partial charge on any atom is 0.234 e. The van der Waals surface area contributed by atoms with Crippen molar-refractivity contribution in [2.24, 2.45) is 0 Å². The number of hydrogen-bond acceptors (Lipinski definition) is 7. The van der Waals surface area contributed by atoms with Gasteiger partial charge >= 0.3 is 0 Å². The fourth-order valence-corrected chi connectivity index (χ4v) is 3.70. The Morgan fingerprint density at radius 2 is 2.38 bits per heavy atom. The molecular weight excluding hydrogens is 328 g/mol. The van der Waals surface area contributed by atoms with E-state index in [9.17, 15) is 4.79 Å². The Balaban J connectivity index is 1.21. The van der Waals surface area contributed by atoms with Crippen LogP contribution in [0.3, 0.4) is 0 Å². The van der Waals surface area contributed by atoms with Gasteiger partial charge in [-0.3, -0.25) is 9.69 Å². The summed E-state index contributed by atoms with van der Waals surface area (Å²) >= 11 is 1.59. The van der Waals surface area contributed by atoms with E-state index in [1.807, 2.05) is 17.5 Å². The van der Waals surface area contributed by atoms with Crippen LogP contribution >= 0.6 is 11.3 Å². The number of carbonyl (C=O) groups excluding carboxylic acids is 1. The first kappa shape index (κ1) is 15.7. The lowest BCUT2D eigenvalue weighted by Crippen LogP contribution is -2.50. The lowest BCUT2D eigenvalue weighted by atomic mass is 10.0. The van der Waals surface area contributed by atoms with Crippen LogP contribution in [0.1, 0.15) is 24.7 Å². The molecule has 2 fully saturated rings.